The molecular formula is C23H24N4. The van der Waals surface area contributed by atoms with Gasteiger partial charge in [0.25, 0.3) is 0 Å². The Bertz CT molecular complexity index is 990. The maximum Gasteiger partial charge on any atom is 0.113 e. The molecular weight excluding hydrogens is 332 g/mol. The number of aryl methyl sites for hydroxylation is 2. The zero-order valence-electron chi connectivity index (χ0n) is 15.5. The lowest BCUT2D eigenvalue weighted by Crippen LogP contribution is -2.24. The summed E-state index contributed by atoms with van der Waals surface area (Å²) >= 11 is 0. The molecule has 0 aliphatic heterocycles. The Kier molecular flexibility index (Phi) is 5.15. The fraction of sp³-hybridized carbons (Fsp3) is 0.217. The van der Waals surface area contributed by atoms with Gasteiger partial charge in [-0.1, -0.05) is 65.4 Å². The molecule has 0 aliphatic carbocycles. The number of aromatic nitrogens is 3. The molecule has 3 aromatic carbocycles. The summed E-state index contributed by atoms with van der Waals surface area (Å²) in [5.41, 5.74) is 5.81. The summed E-state index contributed by atoms with van der Waals surface area (Å²) in [4.78, 5) is 0. The lowest BCUT2D eigenvalue weighted by atomic mass is 10.0. The minimum absolute atomic E-state index is 0.318. The van der Waals surface area contributed by atoms with Crippen LogP contribution in [0.5, 0.6) is 0 Å². The number of anilines is 1. The quantitative estimate of drug-likeness (QED) is 0.514. The molecule has 0 fully saturated rings. The van der Waals surface area contributed by atoms with Gasteiger partial charge in [0.05, 0.1) is 5.52 Å². The molecule has 27 heavy (non-hydrogen) atoms. The van der Waals surface area contributed by atoms with E-state index in [1.807, 2.05) is 22.9 Å². The van der Waals surface area contributed by atoms with Crippen LogP contribution in [0, 0.1) is 6.92 Å². The predicted molar refractivity (Wildman–Crippen MR) is 111 cm³/mol. The predicted octanol–water partition coefficient (Wildman–Crippen LogP) is 4.85. The van der Waals surface area contributed by atoms with Gasteiger partial charge in [0.15, 0.2) is 0 Å². The standard InChI is InChI=1S/C23H24N4/c1-18-11-13-20(14-12-18)24-21(17-19-7-3-2-4-8-19)15-16-27-23-10-6-5-9-22(23)25-26-27/h2-14,21,24H,15-17H2,1H3. The Morgan fingerprint density at radius 3 is 2.44 bits per heavy atom. The van der Waals surface area contributed by atoms with Gasteiger partial charge in [-0.15, -0.1) is 5.10 Å². The van der Waals surface area contributed by atoms with Crippen LogP contribution in [-0.2, 0) is 13.0 Å². The van der Waals surface area contributed by atoms with Crippen LogP contribution < -0.4 is 5.32 Å². The van der Waals surface area contributed by atoms with E-state index >= 15 is 0 Å². The Labute approximate surface area is 159 Å². The third-order valence-corrected chi connectivity index (χ3v) is 4.86. The maximum absolute atomic E-state index is 4.33. The molecule has 0 spiro atoms. The van der Waals surface area contributed by atoms with Crippen molar-refractivity contribution in [1.82, 2.24) is 15.0 Å². The normalized spacial score (nSPS) is 12.2. The first kappa shape index (κ1) is 17.3. The highest BCUT2D eigenvalue weighted by Gasteiger charge is 2.12. The van der Waals surface area contributed by atoms with Crippen LogP contribution in [0.1, 0.15) is 17.5 Å². The fourth-order valence-corrected chi connectivity index (χ4v) is 3.37. The van der Waals surface area contributed by atoms with Crippen molar-refractivity contribution in [2.75, 3.05) is 5.32 Å². The van der Waals surface area contributed by atoms with Gasteiger partial charge >= 0.3 is 0 Å². The molecule has 0 saturated heterocycles. The van der Waals surface area contributed by atoms with Crippen molar-refractivity contribution in [2.24, 2.45) is 0 Å². The first-order valence-corrected chi connectivity index (χ1v) is 9.43. The molecule has 0 bridgehead atoms. The first-order valence-electron chi connectivity index (χ1n) is 9.43. The monoisotopic (exact) mass is 356 g/mol. The number of hydrogen-bond donors (Lipinski definition) is 1. The molecule has 0 amide bonds. The van der Waals surface area contributed by atoms with Gasteiger partial charge < -0.3 is 5.32 Å². The van der Waals surface area contributed by atoms with Crippen molar-refractivity contribution in [1.29, 1.82) is 0 Å². The second kappa shape index (κ2) is 8.04. The summed E-state index contributed by atoms with van der Waals surface area (Å²) in [6.45, 7) is 2.94. The van der Waals surface area contributed by atoms with Crippen molar-refractivity contribution in [3.63, 3.8) is 0 Å². The number of benzene rings is 3. The Morgan fingerprint density at radius 1 is 0.889 bits per heavy atom. The van der Waals surface area contributed by atoms with E-state index in [9.17, 15) is 0 Å². The number of fused-ring (bicyclic) bond motifs is 1. The van der Waals surface area contributed by atoms with Gasteiger partial charge in [0.1, 0.15) is 5.52 Å². The first-order chi connectivity index (χ1) is 13.3. The molecule has 1 atom stereocenters. The molecule has 0 saturated carbocycles. The van der Waals surface area contributed by atoms with E-state index in [4.69, 9.17) is 0 Å². The van der Waals surface area contributed by atoms with Crippen LogP contribution in [0.4, 0.5) is 5.69 Å². The van der Waals surface area contributed by atoms with E-state index in [1.165, 1.54) is 11.1 Å². The van der Waals surface area contributed by atoms with Crippen LogP contribution in [-0.4, -0.2) is 21.0 Å². The van der Waals surface area contributed by atoms with Crippen LogP contribution in [0.2, 0.25) is 0 Å². The largest absolute Gasteiger partial charge is 0.382 e. The number of para-hydroxylation sites is 1. The van der Waals surface area contributed by atoms with E-state index in [1.54, 1.807) is 0 Å². The van der Waals surface area contributed by atoms with Crippen molar-refractivity contribution >= 4 is 16.7 Å². The molecule has 4 nitrogen and oxygen atoms in total. The maximum atomic E-state index is 4.33. The van der Waals surface area contributed by atoms with Gasteiger partial charge in [0, 0.05) is 18.3 Å². The SMILES string of the molecule is Cc1ccc(NC(CCn2nnc3ccccc32)Cc2ccccc2)cc1. The lowest BCUT2D eigenvalue weighted by Gasteiger charge is -2.20. The van der Waals surface area contributed by atoms with Crippen LogP contribution >= 0.6 is 0 Å². The minimum Gasteiger partial charge on any atom is -0.382 e. The van der Waals surface area contributed by atoms with Crippen LogP contribution in [0.3, 0.4) is 0 Å². The van der Waals surface area contributed by atoms with Crippen molar-refractivity contribution < 1.29 is 0 Å². The third-order valence-electron chi connectivity index (χ3n) is 4.86. The topological polar surface area (TPSA) is 42.7 Å². The number of nitrogens with zero attached hydrogens (tertiary/aromatic N) is 3. The van der Waals surface area contributed by atoms with Crippen LogP contribution in [0.15, 0.2) is 78.9 Å². The van der Waals surface area contributed by atoms with E-state index in [-0.39, 0.29) is 0 Å². The highest BCUT2D eigenvalue weighted by atomic mass is 15.4. The fourth-order valence-electron chi connectivity index (χ4n) is 3.37. The van der Waals surface area contributed by atoms with Crippen molar-refractivity contribution in [3.05, 3.63) is 90.0 Å². The van der Waals surface area contributed by atoms with E-state index in [2.05, 4.69) is 83.2 Å². The summed E-state index contributed by atoms with van der Waals surface area (Å²) in [6.07, 6.45) is 1.94. The average molecular weight is 356 g/mol. The summed E-state index contributed by atoms with van der Waals surface area (Å²) in [5, 5.41) is 12.3. The van der Waals surface area contributed by atoms with Gasteiger partial charge in [-0.2, -0.15) is 0 Å². The van der Waals surface area contributed by atoms with Gasteiger partial charge in [-0.05, 0) is 49.6 Å². The molecule has 1 unspecified atom stereocenters. The summed E-state index contributed by atoms with van der Waals surface area (Å²) in [7, 11) is 0. The molecule has 136 valence electrons. The summed E-state index contributed by atoms with van der Waals surface area (Å²) < 4.78 is 2.00. The van der Waals surface area contributed by atoms with Crippen molar-refractivity contribution in [3.8, 4) is 0 Å². The third kappa shape index (κ3) is 4.34. The molecule has 0 aliphatic rings. The van der Waals surface area contributed by atoms with Gasteiger partial charge in [-0.25, -0.2) is 4.68 Å². The average Bonchev–Trinajstić information content (AvgIpc) is 3.12. The van der Waals surface area contributed by atoms with E-state index < -0.39 is 0 Å². The molecule has 1 heterocycles. The number of hydrogen-bond acceptors (Lipinski definition) is 3. The zero-order valence-corrected chi connectivity index (χ0v) is 15.5. The highest BCUT2D eigenvalue weighted by molar-refractivity contribution is 5.73. The Hall–Kier alpha value is -3.14. The zero-order chi connectivity index (χ0) is 18.5. The number of rotatable bonds is 7. The lowest BCUT2D eigenvalue weighted by molar-refractivity contribution is 0.524. The molecule has 1 aromatic heterocycles. The molecule has 4 aromatic rings. The molecule has 4 heteroatoms. The highest BCUT2D eigenvalue weighted by Crippen LogP contribution is 2.17. The second-order valence-corrected chi connectivity index (χ2v) is 6.99. The molecule has 4 rings (SSSR count). The van der Waals surface area contributed by atoms with Gasteiger partial charge in [-0.3, -0.25) is 0 Å². The minimum atomic E-state index is 0.318. The molecule has 1 N–H and O–H groups in total. The van der Waals surface area contributed by atoms with Crippen LogP contribution in [0.25, 0.3) is 11.0 Å². The summed E-state index contributed by atoms with van der Waals surface area (Å²) in [6, 6.07) is 27.7. The van der Waals surface area contributed by atoms with E-state index in [0.29, 0.717) is 6.04 Å². The number of nitrogens with one attached hydrogen (secondary N) is 1. The Morgan fingerprint density at radius 2 is 1.63 bits per heavy atom. The second-order valence-electron chi connectivity index (χ2n) is 6.99. The van der Waals surface area contributed by atoms with E-state index in [0.717, 1.165) is 36.1 Å². The summed E-state index contributed by atoms with van der Waals surface area (Å²) in [5.74, 6) is 0. The van der Waals surface area contributed by atoms with Gasteiger partial charge in [0.2, 0.25) is 0 Å². The Balaban J connectivity index is 1.50. The molecule has 0 radical (unpaired) electrons. The smallest absolute Gasteiger partial charge is 0.113 e. The van der Waals surface area contributed by atoms with Crippen molar-refractivity contribution in [2.45, 2.75) is 32.4 Å².